The van der Waals surface area contributed by atoms with E-state index in [0.29, 0.717) is 23.5 Å². The predicted octanol–water partition coefficient (Wildman–Crippen LogP) is 2.96. The maximum Gasteiger partial charge on any atom is 0.256 e. The molecule has 2 aromatic carbocycles. The van der Waals surface area contributed by atoms with Gasteiger partial charge >= 0.3 is 0 Å². The summed E-state index contributed by atoms with van der Waals surface area (Å²) in [7, 11) is -2.53. The van der Waals surface area contributed by atoms with Gasteiger partial charge in [-0.3, -0.25) is 14.5 Å². The second kappa shape index (κ2) is 12.2. The number of benzene rings is 2. The first-order chi connectivity index (χ1) is 18.8. The third kappa shape index (κ3) is 6.16. The molecule has 1 aromatic heterocycles. The molecule has 3 aromatic rings. The molecule has 0 bridgehead atoms. The van der Waals surface area contributed by atoms with Gasteiger partial charge in [0.2, 0.25) is 10.0 Å². The van der Waals surface area contributed by atoms with Crippen LogP contribution in [0.15, 0.2) is 59.5 Å². The highest BCUT2D eigenvalue weighted by Crippen LogP contribution is 2.37. The van der Waals surface area contributed by atoms with Gasteiger partial charge in [-0.15, -0.1) is 11.3 Å². The smallest absolute Gasteiger partial charge is 0.256 e. The van der Waals surface area contributed by atoms with Gasteiger partial charge in [0, 0.05) is 37.1 Å². The lowest BCUT2D eigenvalue weighted by molar-refractivity contribution is 0.0962. The summed E-state index contributed by atoms with van der Waals surface area (Å²) >= 11 is 1.37. The number of anilines is 1. The van der Waals surface area contributed by atoms with Crippen LogP contribution in [0.5, 0.6) is 0 Å². The number of nitrogens with one attached hydrogen (secondary N) is 2. The summed E-state index contributed by atoms with van der Waals surface area (Å²) in [5.41, 5.74) is 2.77. The van der Waals surface area contributed by atoms with E-state index in [2.05, 4.69) is 27.7 Å². The molecule has 2 amide bonds. The highest BCUT2D eigenvalue weighted by molar-refractivity contribution is 7.89. The van der Waals surface area contributed by atoms with Crippen LogP contribution in [0.1, 0.15) is 36.7 Å². The van der Waals surface area contributed by atoms with Gasteiger partial charge in [-0.2, -0.15) is 14.8 Å². The largest absolute Gasteiger partial charge is 0.355 e. The SMILES string of the molecule is CNC(=O)c1c(NC(=O)c2ccc(S(=O)(=O)N(CC#N)CC#N)cc2)sc2c1CCN(Cc1ccccc1)C2. The van der Waals surface area contributed by atoms with E-state index in [4.69, 9.17) is 10.5 Å². The van der Waals surface area contributed by atoms with E-state index in [1.165, 1.54) is 41.2 Å². The summed E-state index contributed by atoms with van der Waals surface area (Å²) in [6.07, 6.45) is 0.672. The number of nitrogens with zero attached hydrogens (tertiary/aromatic N) is 4. The van der Waals surface area contributed by atoms with Crippen molar-refractivity contribution >= 4 is 38.2 Å². The molecule has 0 saturated heterocycles. The standard InChI is InChI=1S/C27H26N6O4S2/c1-30-26(35)24-22-11-14-32(17-19-5-3-2-4-6-19)18-23(22)38-27(24)31-25(34)20-7-9-21(10-8-20)39(36,37)33(15-12-28)16-13-29/h2-10H,11,14-18H2,1H3,(H,30,35)(H,31,34). The fourth-order valence-electron chi connectivity index (χ4n) is 4.37. The Morgan fingerprint density at radius 1 is 1.03 bits per heavy atom. The van der Waals surface area contributed by atoms with Crippen LogP contribution in [-0.4, -0.2) is 56.1 Å². The van der Waals surface area contributed by atoms with E-state index in [0.717, 1.165) is 27.8 Å². The van der Waals surface area contributed by atoms with E-state index in [1.807, 2.05) is 18.2 Å². The molecule has 200 valence electrons. The second-order valence-corrected chi connectivity index (χ2v) is 11.8. The third-order valence-electron chi connectivity index (χ3n) is 6.31. The van der Waals surface area contributed by atoms with E-state index >= 15 is 0 Å². The first-order valence-corrected chi connectivity index (χ1v) is 14.3. The van der Waals surface area contributed by atoms with Crippen molar-refractivity contribution in [1.82, 2.24) is 14.5 Å². The average molecular weight is 563 g/mol. The number of fused-ring (bicyclic) bond motifs is 1. The topological polar surface area (TPSA) is 146 Å². The Balaban J connectivity index is 1.54. The molecule has 0 fully saturated rings. The van der Waals surface area contributed by atoms with Crippen molar-refractivity contribution in [3.63, 3.8) is 0 Å². The molecule has 2 N–H and O–H groups in total. The minimum absolute atomic E-state index is 0.138. The molecule has 0 spiro atoms. The Labute approximate surface area is 231 Å². The van der Waals surface area contributed by atoms with Gasteiger partial charge in [0.05, 0.1) is 22.6 Å². The Morgan fingerprint density at radius 3 is 2.31 bits per heavy atom. The van der Waals surface area contributed by atoms with Gasteiger partial charge in [0.25, 0.3) is 11.8 Å². The summed E-state index contributed by atoms with van der Waals surface area (Å²) in [4.78, 5) is 29.1. The second-order valence-electron chi connectivity index (χ2n) is 8.80. The molecular weight excluding hydrogens is 536 g/mol. The van der Waals surface area contributed by atoms with Gasteiger partial charge < -0.3 is 10.6 Å². The number of carbonyl (C=O) groups excluding carboxylic acids is 2. The summed E-state index contributed by atoms with van der Waals surface area (Å²) in [5.74, 6) is -0.773. The minimum atomic E-state index is -4.08. The van der Waals surface area contributed by atoms with Crippen LogP contribution in [-0.2, 0) is 29.5 Å². The molecule has 0 unspecified atom stereocenters. The zero-order chi connectivity index (χ0) is 28.0. The van der Waals surface area contributed by atoms with Gasteiger partial charge in [-0.25, -0.2) is 8.42 Å². The number of sulfonamides is 1. The number of hydrogen-bond acceptors (Lipinski definition) is 8. The number of hydrogen-bond donors (Lipinski definition) is 2. The van der Waals surface area contributed by atoms with Gasteiger partial charge in [-0.1, -0.05) is 30.3 Å². The molecule has 39 heavy (non-hydrogen) atoms. The van der Waals surface area contributed by atoms with Crippen LogP contribution >= 0.6 is 11.3 Å². The predicted molar refractivity (Wildman–Crippen MR) is 146 cm³/mol. The van der Waals surface area contributed by atoms with Crippen molar-refractivity contribution in [2.24, 2.45) is 0 Å². The van der Waals surface area contributed by atoms with Crippen molar-refractivity contribution in [2.75, 3.05) is 32.0 Å². The average Bonchev–Trinajstić information content (AvgIpc) is 3.30. The fraction of sp³-hybridized carbons (Fsp3) is 0.259. The molecule has 0 saturated carbocycles. The molecule has 0 atom stereocenters. The first kappa shape index (κ1) is 28.0. The van der Waals surface area contributed by atoms with Gasteiger partial charge in [-0.05, 0) is 41.8 Å². The molecule has 10 nitrogen and oxygen atoms in total. The quantitative estimate of drug-likeness (QED) is 0.381. The number of carbonyl (C=O) groups is 2. The van der Waals surface area contributed by atoms with Crippen LogP contribution in [0.3, 0.4) is 0 Å². The Hall–Kier alpha value is -4.07. The zero-order valence-corrected chi connectivity index (χ0v) is 22.8. The van der Waals surface area contributed by atoms with Crippen LogP contribution in [0.2, 0.25) is 0 Å². The van der Waals surface area contributed by atoms with Crippen molar-refractivity contribution in [3.8, 4) is 12.1 Å². The van der Waals surface area contributed by atoms with Gasteiger partial charge in [0.15, 0.2) is 0 Å². The normalized spacial score (nSPS) is 13.2. The van der Waals surface area contributed by atoms with Gasteiger partial charge in [0.1, 0.15) is 18.1 Å². The van der Waals surface area contributed by atoms with Crippen molar-refractivity contribution < 1.29 is 18.0 Å². The molecule has 0 radical (unpaired) electrons. The molecule has 0 aliphatic carbocycles. The monoisotopic (exact) mass is 562 g/mol. The minimum Gasteiger partial charge on any atom is -0.355 e. The lowest BCUT2D eigenvalue weighted by Crippen LogP contribution is -2.31. The van der Waals surface area contributed by atoms with Crippen LogP contribution in [0, 0.1) is 22.7 Å². The lowest BCUT2D eigenvalue weighted by Gasteiger charge is -2.27. The maximum atomic E-state index is 13.1. The summed E-state index contributed by atoms with van der Waals surface area (Å²) in [6.45, 7) is 1.28. The van der Waals surface area contributed by atoms with Crippen molar-refractivity contribution in [2.45, 2.75) is 24.4 Å². The van der Waals surface area contributed by atoms with E-state index < -0.39 is 29.0 Å². The molecule has 1 aliphatic rings. The van der Waals surface area contributed by atoms with Crippen molar-refractivity contribution in [1.29, 1.82) is 10.5 Å². The molecule has 2 heterocycles. The highest BCUT2D eigenvalue weighted by Gasteiger charge is 2.29. The Kier molecular flexibility index (Phi) is 8.74. The Morgan fingerprint density at radius 2 is 1.69 bits per heavy atom. The van der Waals surface area contributed by atoms with E-state index in [1.54, 1.807) is 19.2 Å². The first-order valence-electron chi connectivity index (χ1n) is 12.1. The number of thiophene rings is 1. The lowest BCUT2D eigenvalue weighted by atomic mass is 10.0. The van der Waals surface area contributed by atoms with Crippen LogP contribution in [0.25, 0.3) is 0 Å². The molecule has 1 aliphatic heterocycles. The third-order valence-corrected chi connectivity index (χ3v) is 9.25. The molecular formula is C27H26N6O4S2. The van der Waals surface area contributed by atoms with Crippen molar-refractivity contribution in [3.05, 3.63) is 81.7 Å². The fourth-order valence-corrected chi connectivity index (χ4v) is 6.89. The molecule has 4 rings (SSSR count). The zero-order valence-electron chi connectivity index (χ0n) is 21.2. The highest BCUT2D eigenvalue weighted by atomic mass is 32.2. The summed E-state index contributed by atoms with van der Waals surface area (Å²) in [6, 6.07) is 18.8. The number of amides is 2. The Bertz CT molecular complexity index is 1540. The van der Waals surface area contributed by atoms with E-state index in [9.17, 15) is 18.0 Å². The number of nitriles is 2. The van der Waals surface area contributed by atoms with Crippen LogP contribution in [0.4, 0.5) is 5.00 Å². The summed E-state index contributed by atoms with van der Waals surface area (Å²) in [5, 5.41) is 23.7. The van der Waals surface area contributed by atoms with E-state index in [-0.39, 0.29) is 16.4 Å². The molecule has 12 heteroatoms. The summed E-state index contributed by atoms with van der Waals surface area (Å²) < 4.78 is 26.3. The van der Waals surface area contributed by atoms with Crippen LogP contribution < -0.4 is 10.6 Å². The number of rotatable bonds is 9. The maximum absolute atomic E-state index is 13.1.